The van der Waals surface area contributed by atoms with E-state index in [-0.39, 0.29) is 12.2 Å². The van der Waals surface area contributed by atoms with Crippen LogP contribution in [0.15, 0.2) is 63.1 Å². The highest BCUT2D eigenvalue weighted by Crippen LogP contribution is 2.32. The van der Waals surface area contributed by atoms with Crippen molar-refractivity contribution in [1.82, 2.24) is 0 Å². The van der Waals surface area contributed by atoms with Gasteiger partial charge in [0, 0.05) is 11.0 Å². The smallest absolute Gasteiger partial charge is 0.164 e. The first-order valence-corrected chi connectivity index (χ1v) is 7.71. The molecule has 2 aromatic rings. The minimum absolute atomic E-state index is 0.0327. The first kappa shape index (κ1) is 13.8. The zero-order chi connectivity index (χ0) is 14.8. The van der Waals surface area contributed by atoms with Crippen molar-refractivity contribution in [2.75, 3.05) is 0 Å². The molecule has 1 aromatic carbocycles. The van der Waals surface area contributed by atoms with E-state index >= 15 is 0 Å². The average Bonchev–Trinajstić information content (AvgIpc) is 2.97. The Labute approximate surface area is 124 Å². The van der Waals surface area contributed by atoms with Gasteiger partial charge >= 0.3 is 0 Å². The van der Waals surface area contributed by atoms with Crippen LogP contribution in [-0.4, -0.2) is 9.99 Å². The summed E-state index contributed by atoms with van der Waals surface area (Å²) in [7, 11) is -1.36. The van der Waals surface area contributed by atoms with Gasteiger partial charge in [0.15, 0.2) is 17.6 Å². The number of hydrogen-bond acceptors (Lipinski definition) is 4. The number of carbonyl (C=O) groups is 1. The fourth-order valence-electron chi connectivity index (χ4n) is 2.15. The van der Waals surface area contributed by atoms with Gasteiger partial charge in [0.05, 0.1) is 34.6 Å². The Hall–Kier alpha value is -2.14. The predicted octanol–water partition coefficient (Wildman–Crippen LogP) is 3.30. The van der Waals surface area contributed by atoms with E-state index in [1.807, 2.05) is 31.2 Å². The van der Waals surface area contributed by atoms with Crippen molar-refractivity contribution in [2.45, 2.75) is 29.2 Å². The van der Waals surface area contributed by atoms with E-state index in [0.29, 0.717) is 15.6 Å². The maximum absolute atomic E-state index is 12.7. The number of ether oxygens (including phenoxy) is 1. The molecule has 21 heavy (non-hydrogen) atoms. The molecular formula is C16H14O4S. The van der Waals surface area contributed by atoms with E-state index in [0.717, 1.165) is 5.56 Å². The van der Waals surface area contributed by atoms with Gasteiger partial charge in [-0.15, -0.1) is 0 Å². The van der Waals surface area contributed by atoms with Crippen LogP contribution in [-0.2, 0) is 20.3 Å². The lowest BCUT2D eigenvalue weighted by Crippen LogP contribution is -2.12. The summed E-state index contributed by atoms with van der Waals surface area (Å²) in [4.78, 5) is 12.7. The summed E-state index contributed by atoms with van der Waals surface area (Å²) >= 11 is 0. The molecule has 2 heterocycles. The molecule has 1 aromatic heterocycles. The van der Waals surface area contributed by atoms with Crippen LogP contribution in [0.5, 0.6) is 0 Å². The largest absolute Gasteiger partial charge is 0.489 e. The molecule has 1 aliphatic rings. The van der Waals surface area contributed by atoms with Crippen molar-refractivity contribution in [3.8, 4) is 0 Å². The monoisotopic (exact) mass is 302 g/mol. The van der Waals surface area contributed by atoms with Gasteiger partial charge in [-0.25, -0.2) is 4.21 Å². The molecular weight excluding hydrogens is 288 g/mol. The SMILES string of the molecule is Cc1ccc([S@](=O)c2ccoc2[C@@H]2CC(=O)C=CO2)cc1. The van der Waals surface area contributed by atoms with Gasteiger partial charge in [0.1, 0.15) is 0 Å². The minimum Gasteiger partial charge on any atom is -0.489 e. The number of carbonyl (C=O) groups excluding carboxylic acids is 1. The molecule has 0 fully saturated rings. The number of allylic oxidation sites excluding steroid dienone is 1. The van der Waals surface area contributed by atoms with E-state index in [9.17, 15) is 9.00 Å². The van der Waals surface area contributed by atoms with Crippen LogP contribution in [0.3, 0.4) is 0 Å². The van der Waals surface area contributed by atoms with Crippen molar-refractivity contribution < 1.29 is 18.2 Å². The molecule has 0 radical (unpaired) electrons. The van der Waals surface area contributed by atoms with Crippen LogP contribution in [0.25, 0.3) is 0 Å². The zero-order valence-corrected chi connectivity index (χ0v) is 12.3. The van der Waals surface area contributed by atoms with Gasteiger partial charge in [0.2, 0.25) is 0 Å². The van der Waals surface area contributed by atoms with E-state index < -0.39 is 16.9 Å². The average molecular weight is 302 g/mol. The van der Waals surface area contributed by atoms with Gasteiger partial charge in [-0.3, -0.25) is 4.79 Å². The number of ketones is 1. The molecule has 0 saturated carbocycles. The normalized spacial score (nSPS) is 19.3. The van der Waals surface area contributed by atoms with Gasteiger partial charge < -0.3 is 9.15 Å². The maximum Gasteiger partial charge on any atom is 0.164 e. The van der Waals surface area contributed by atoms with Crippen molar-refractivity contribution in [1.29, 1.82) is 0 Å². The van der Waals surface area contributed by atoms with Crippen LogP contribution in [0, 0.1) is 6.92 Å². The number of hydrogen-bond donors (Lipinski definition) is 0. The summed E-state index contributed by atoms with van der Waals surface area (Å²) in [5.41, 5.74) is 1.11. The predicted molar refractivity (Wildman–Crippen MR) is 77.2 cm³/mol. The van der Waals surface area contributed by atoms with Crippen molar-refractivity contribution in [2.24, 2.45) is 0 Å². The number of aryl methyl sites for hydroxylation is 1. The molecule has 3 rings (SSSR count). The Morgan fingerprint density at radius 1 is 1.19 bits per heavy atom. The Morgan fingerprint density at radius 3 is 2.67 bits per heavy atom. The first-order chi connectivity index (χ1) is 10.1. The van der Waals surface area contributed by atoms with Crippen LogP contribution in [0.2, 0.25) is 0 Å². The van der Waals surface area contributed by atoms with Gasteiger partial charge in [-0.1, -0.05) is 17.7 Å². The second-order valence-electron chi connectivity index (χ2n) is 4.83. The summed E-state index contributed by atoms with van der Waals surface area (Å²) in [6, 6.07) is 9.15. The first-order valence-electron chi connectivity index (χ1n) is 6.56. The van der Waals surface area contributed by atoms with Crippen LogP contribution >= 0.6 is 0 Å². The standard InChI is InChI=1S/C16H14O4S/c1-11-2-4-13(5-3-11)21(18)15-7-9-20-16(15)14-10-12(17)6-8-19-14/h2-9,14H,10H2,1H3/t14-,21-/m0/s1. The van der Waals surface area contributed by atoms with Crippen LogP contribution < -0.4 is 0 Å². The fraction of sp³-hybridized carbons (Fsp3) is 0.188. The number of benzene rings is 1. The molecule has 5 heteroatoms. The lowest BCUT2D eigenvalue weighted by atomic mass is 10.1. The third-order valence-electron chi connectivity index (χ3n) is 3.27. The summed E-state index contributed by atoms with van der Waals surface area (Å²) in [5, 5.41) is 0. The quantitative estimate of drug-likeness (QED) is 0.873. The van der Waals surface area contributed by atoms with Crippen LogP contribution in [0.4, 0.5) is 0 Å². The van der Waals surface area contributed by atoms with Gasteiger partial charge in [-0.2, -0.15) is 0 Å². The highest BCUT2D eigenvalue weighted by atomic mass is 32.2. The molecule has 1 aliphatic heterocycles. The summed E-state index contributed by atoms with van der Waals surface area (Å²) < 4.78 is 23.5. The fourth-order valence-corrected chi connectivity index (χ4v) is 3.33. The highest BCUT2D eigenvalue weighted by molar-refractivity contribution is 7.85. The Bertz CT molecular complexity index is 712. The topological polar surface area (TPSA) is 56.5 Å². The molecule has 0 spiro atoms. The van der Waals surface area contributed by atoms with Crippen molar-refractivity contribution in [3.05, 3.63) is 60.3 Å². The number of furan rings is 1. The second-order valence-corrected chi connectivity index (χ2v) is 6.28. The van der Waals surface area contributed by atoms with E-state index in [1.165, 1.54) is 18.6 Å². The second kappa shape index (κ2) is 5.69. The lowest BCUT2D eigenvalue weighted by Gasteiger charge is -2.17. The lowest BCUT2D eigenvalue weighted by molar-refractivity contribution is -0.118. The van der Waals surface area contributed by atoms with E-state index in [1.54, 1.807) is 6.07 Å². The summed E-state index contributed by atoms with van der Waals surface area (Å²) in [5.74, 6) is 0.418. The van der Waals surface area contributed by atoms with Crippen LogP contribution in [0.1, 0.15) is 23.8 Å². The third-order valence-corrected chi connectivity index (χ3v) is 4.70. The molecule has 0 aliphatic carbocycles. The zero-order valence-electron chi connectivity index (χ0n) is 11.4. The maximum atomic E-state index is 12.7. The van der Waals surface area contributed by atoms with E-state index in [4.69, 9.17) is 9.15 Å². The molecule has 0 saturated heterocycles. The van der Waals surface area contributed by atoms with Gasteiger partial charge in [0.25, 0.3) is 0 Å². The Kier molecular flexibility index (Phi) is 3.75. The summed E-state index contributed by atoms with van der Waals surface area (Å²) in [6.07, 6.45) is 3.90. The Balaban J connectivity index is 1.91. The Morgan fingerprint density at radius 2 is 1.95 bits per heavy atom. The van der Waals surface area contributed by atoms with Crippen molar-refractivity contribution in [3.63, 3.8) is 0 Å². The molecule has 0 N–H and O–H groups in total. The molecule has 4 nitrogen and oxygen atoms in total. The molecule has 0 amide bonds. The third kappa shape index (κ3) is 2.83. The molecule has 0 bridgehead atoms. The summed E-state index contributed by atoms with van der Waals surface area (Å²) in [6.45, 7) is 1.98. The molecule has 108 valence electrons. The highest BCUT2D eigenvalue weighted by Gasteiger charge is 2.27. The minimum atomic E-state index is -1.36. The van der Waals surface area contributed by atoms with Gasteiger partial charge in [-0.05, 0) is 25.1 Å². The van der Waals surface area contributed by atoms with Crippen molar-refractivity contribution >= 4 is 16.6 Å². The van der Waals surface area contributed by atoms with E-state index in [2.05, 4.69) is 0 Å². The molecule has 0 unspecified atom stereocenters. The number of rotatable bonds is 3. The molecule has 2 atom stereocenters.